The van der Waals surface area contributed by atoms with E-state index in [0.29, 0.717) is 13.1 Å². The highest BCUT2D eigenvalue weighted by molar-refractivity contribution is 5.78. The molecule has 1 atom stereocenters. The molecule has 21 heavy (non-hydrogen) atoms. The second kappa shape index (κ2) is 6.16. The molecule has 3 rings (SSSR count). The summed E-state index contributed by atoms with van der Waals surface area (Å²) in [7, 11) is 0. The van der Waals surface area contributed by atoms with E-state index in [-0.39, 0.29) is 17.4 Å². The Morgan fingerprint density at radius 2 is 2.10 bits per heavy atom. The predicted octanol–water partition coefficient (Wildman–Crippen LogP) is 1.81. The minimum absolute atomic E-state index is 0.0732. The van der Waals surface area contributed by atoms with Crippen LogP contribution >= 0.6 is 0 Å². The van der Waals surface area contributed by atoms with E-state index >= 15 is 0 Å². The van der Waals surface area contributed by atoms with Crippen LogP contribution in [0.2, 0.25) is 0 Å². The monoisotopic (exact) mass is 288 g/mol. The van der Waals surface area contributed by atoms with Crippen molar-refractivity contribution in [1.82, 2.24) is 10.6 Å². The Kier molecular flexibility index (Phi) is 4.27. The van der Waals surface area contributed by atoms with Crippen molar-refractivity contribution in [3.05, 3.63) is 35.4 Å². The Hall–Kier alpha value is -1.39. The third kappa shape index (κ3) is 2.83. The molecular weight excluding hydrogens is 264 g/mol. The molecule has 4 nitrogen and oxygen atoms in total. The Labute approximate surface area is 126 Å². The Morgan fingerprint density at radius 3 is 2.86 bits per heavy atom. The molecule has 114 valence electrons. The van der Waals surface area contributed by atoms with Gasteiger partial charge in [0.15, 0.2) is 0 Å². The third-order valence-corrected chi connectivity index (χ3v) is 4.85. The number of hydrogen-bond donors (Lipinski definition) is 2. The molecule has 1 aromatic carbocycles. The summed E-state index contributed by atoms with van der Waals surface area (Å²) in [6, 6.07) is 8.89. The molecule has 1 aromatic rings. The first-order chi connectivity index (χ1) is 10.2. The summed E-state index contributed by atoms with van der Waals surface area (Å²) in [5, 5.41) is 6.37. The highest BCUT2D eigenvalue weighted by Gasteiger charge is 2.46. The summed E-state index contributed by atoms with van der Waals surface area (Å²) in [5.74, 6) is 0.0732. The maximum atomic E-state index is 11.8. The van der Waals surface area contributed by atoms with Gasteiger partial charge in [0.05, 0.1) is 6.54 Å². The molecule has 0 bridgehead atoms. The minimum Gasteiger partial charge on any atom is -0.381 e. The molecule has 1 aliphatic heterocycles. The van der Waals surface area contributed by atoms with Crippen LogP contribution in [0.1, 0.15) is 36.9 Å². The average molecular weight is 288 g/mol. The lowest BCUT2D eigenvalue weighted by atomic mass is 9.74. The number of hydrogen-bond acceptors (Lipinski definition) is 3. The fraction of sp³-hybridized carbons (Fsp3) is 0.588. The molecule has 0 radical (unpaired) electrons. The smallest absolute Gasteiger partial charge is 0.233 e. The van der Waals surface area contributed by atoms with Crippen molar-refractivity contribution in [2.45, 2.75) is 32.2 Å². The molecule has 2 N–H and O–H groups in total. The van der Waals surface area contributed by atoms with E-state index in [2.05, 4.69) is 34.9 Å². The van der Waals surface area contributed by atoms with E-state index in [4.69, 9.17) is 4.74 Å². The first-order valence-electron chi connectivity index (χ1n) is 7.91. The molecule has 1 saturated heterocycles. The second-order valence-electron chi connectivity index (χ2n) is 6.12. The number of amides is 1. The van der Waals surface area contributed by atoms with Gasteiger partial charge >= 0.3 is 0 Å². The van der Waals surface area contributed by atoms with Crippen molar-refractivity contribution in [2.75, 3.05) is 26.3 Å². The fourth-order valence-electron chi connectivity index (χ4n) is 3.81. The number of nitrogens with one attached hydrogen (secondary N) is 2. The number of carbonyl (C=O) groups excluding carboxylic acids is 1. The SMILES string of the molecule is CCNC(=O)CN[C@H]1c2ccccc2CC12CCOCC2. The van der Waals surface area contributed by atoms with Crippen LogP contribution in [0.5, 0.6) is 0 Å². The minimum atomic E-state index is 0.0732. The van der Waals surface area contributed by atoms with Crippen molar-refractivity contribution < 1.29 is 9.53 Å². The van der Waals surface area contributed by atoms with Gasteiger partial charge in [0, 0.05) is 25.8 Å². The molecule has 0 saturated carbocycles. The predicted molar refractivity (Wildman–Crippen MR) is 82.1 cm³/mol. The molecule has 1 spiro atoms. The van der Waals surface area contributed by atoms with Crippen LogP contribution in [0.4, 0.5) is 0 Å². The summed E-state index contributed by atoms with van der Waals surface area (Å²) in [4.78, 5) is 11.8. The van der Waals surface area contributed by atoms with Crippen LogP contribution in [-0.2, 0) is 16.0 Å². The Morgan fingerprint density at radius 1 is 1.33 bits per heavy atom. The second-order valence-corrected chi connectivity index (χ2v) is 6.12. The standard InChI is InChI=1S/C17H24N2O2/c1-2-18-15(20)12-19-16-14-6-4-3-5-13(14)11-17(16)7-9-21-10-8-17/h3-6,16,19H,2,7-12H2,1H3,(H,18,20)/t16-/m0/s1. The van der Waals surface area contributed by atoms with Crippen molar-refractivity contribution >= 4 is 5.91 Å². The van der Waals surface area contributed by atoms with Gasteiger partial charge in [-0.3, -0.25) is 4.79 Å². The highest BCUT2D eigenvalue weighted by Crippen LogP contribution is 2.51. The van der Waals surface area contributed by atoms with Crippen molar-refractivity contribution in [3.8, 4) is 0 Å². The van der Waals surface area contributed by atoms with Crippen molar-refractivity contribution in [3.63, 3.8) is 0 Å². The maximum Gasteiger partial charge on any atom is 0.233 e. The van der Waals surface area contributed by atoms with Gasteiger partial charge in [0.1, 0.15) is 0 Å². The van der Waals surface area contributed by atoms with Crippen molar-refractivity contribution in [1.29, 1.82) is 0 Å². The Balaban J connectivity index is 1.80. The fourth-order valence-corrected chi connectivity index (χ4v) is 3.81. The van der Waals surface area contributed by atoms with E-state index in [9.17, 15) is 4.79 Å². The van der Waals surface area contributed by atoms with Crippen LogP contribution in [0.3, 0.4) is 0 Å². The van der Waals surface area contributed by atoms with Gasteiger partial charge in [-0.1, -0.05) is 24.3 Å². The quantitative estimate of drug-likeness (QED) is 0.888. The van der Waals surface area contributed by atoms with Gasteiger partial charge in [0.2, 0.25) is 5.91 Å². The van der Waals surface area contributed by atoms with Crippen LogP contribution in [0, 0.1) is 5.41 Å². The third-order valence-electron chi connectivity index (χ3n) is 4.85. The molecule has 1 fully saturated rings. The van der Waals surface area contributed by atoms with E-state index in [1.54, 1.807) is 0 Å². The van der Waals surface area contributed by atoms with Gasteiger partial charge < -0.3 is 15.4 Å². The highest BCUT2D eigenvalue weighted by atomic mass is 16.5. The summed E-state index contributed by atoms with van der Waals surface area (Å²) in [6.45, 7) is 4.67. The topological polar surface area (TPSA) is 50.4 Å². The van der Waals surface area contributed by atoms with Gasteiger partial charge in [0.25, 0.3) is 0 Å². The van der Waals surface area contributed by atoms with Crippen LogP contribution in [0.25, 0.3) is 0 Å². The average Bonchev–Trinajstić information content (AvgIpc) is 2.79. The summed E-state index contributed by atoms with van der Waals surface area (Å²) >= 11 is 0. The number of fused-ring (bicyclic) bond motifs is 1. The molecule has 2 aliphatic rings. The molecule has 4 heteroatoms. The van der Waals surface area contributed by atoms with Gasteiger partial charge in [-0.2, -0.15) is 0 Å². The lowest BCUT2D eigenvalue weighted by Gasteiger charge is -2.39. The van der Waals surface area contributed by atoms with Crippen LogP contribution in [-0.4, -0.2) is 32.2 Å². The van der Waals surface area contributed by atoms with Crippen LogP contribution in [0.15, 0.2) is 24.3 Å². The summed E-state index contributed by atoms with van der Waals surface area (Å²) < 4.78 is 5.56. The van der Waals surface area contributed by atoms with Crippen LogP contribution < -0.4 is 10.6 Å². The summed E-state index contributed by atoms with van der Waals surface area (Å²) in [5.41, 5.74) is 3.01. The molecule has 1 amide bonds. The first kappa shape index (κ1) is 14.5. The van der Waals surface area contributed by atoms with E-state index in [1.807, 2.05) is 6.92 Å². The number of rotatable bonds is 4. The first-order valence-corrected chi connectivity index (χ1v) is 7.91. The number of ether oxygens (including phenoxy) is 1. The van der Waals surface area contributed by atoms with E-state index < -0.39 is 0 Å². The van der Waals surface area contributed by atoms with Gasteiger partial charge in [-0.25, -0.2) is 0 Å². The Bertz CT molecular complexity index is 509. The lowest BCUT2D eigenvalue weighted by Crippen LogP contribution is -2.43. The zero-order valence-corrected chi connectivity index (χ0v) is 12.7. The molecule has 1 heterocycles. The largest absolute Gasteiger partial charge is 0.381 e. The maximum absolute atomic E-state index is 11.8. The zero-order chi connectivity index (χ0) is 14.7. The number of likely N-dealkylation sites (N-methyl/N-ethyl adjacent to an activating group) is 1. The molecule has 0 aromatic heterocycles. The molecular formula is C17H24N2O2. The zero-order valence-electron chi connectivity index (χ0n) is 12.7. The van der Waals surface area contributed by atoms with E-state index in [0.717, 1.165) is 32.5 Å². The number of benzene rings is 1. The molecule has 1 aliphatic carbocycles. The molecule has 0 unspecified atom stereocenters. The van der Waals surface area contributed by atoms with E-state index in [1.165, 1.54) is 11.1 Å². The van der Waals surface area contributed by atoms with Gasteiger partial charge in [-0.15, -0.1) is 0 Å². The summed E-state index contributed by atoms with van der Waals surface area (Å²) in [6.07, 6.45) is 3.23. The van der Waals surface area contributed by atoms with Gasteiger partial charge in [-0.05, 0) is 42.7 Å². The normalized spacial score (nSPS) is 23.0. The van der Waals surface area contributed by atoms with Crippen molar-refractivity contribution in [2.24, 2.45) is 5.41 Å². The lowest BCUT2D eigenvalue weighted by molar-refractivity contribution is -0.120. The number of carbonyl (C=O) groups is 1.